The molecule has 4 nitrogen and oxygen atoms in total. The number of benzene rings is 1. The van der Waals surface area contributed by atoms with E-state index >= 15 is 4.39 Å². The summed E-state index contributed by atoms with van der Waals surface area (Å²) in [4.78, 5) is 28.1. The van der Waals surface area contributed by atoms with Crippen LogP contribution in [0.4, 0.5) is 4.39 Å². The summed E-state index contributed by atoms with van der Waals surface area (Å²) in [6.07, 6.45) is 4.68. The van der Waals surface area contributed by atoms with Crippen molar-refractivity contribution in [3.05, 3.63) is 35.9 Å². The lowest BCUT2D eigenvalue weighted by Crippen LogP contribution is -2.56. The van der Waals surface area contributed by atoms with Gasteiger partial charge in [0.15, 0.2) is 0 Å². The minimum Gasteiger partial charge on any atom is -0.340 e. The number of carbonyl (C=O) groups is 2. The molecule has 0 aliphatic carbocycles. The summed E-state index contributed by atoms with van der Waals surface area (Å²) in [5, 5.41) is 0. The molecule has 0 spiro atoms. The second-order valence-corrected chi connectivity index (χ2v) is 7.22. The Morgan fingerprint density at radius 2 is 1.68 bits per heavy atom. The third-order valence-corrected chi connectivity index (χ3v) is 5.27. The van der Waals surface area contributed by atoms with Gasteiger partial charge in [-0.3, -0.25) is 9.59 Å². The van der Waals surface area contributed by atoms with Crippen molar-refractivity contribution in [1.82, 2.24) is 9.80 Å². The molecule has 0 N–H and O–H groups in total. The standard InChI is InChI=1S/C20H27FN2O2/c21-20(19(25)22-13-4-5-14-22)12-7-15-23(16-20)18(24)11-6-10-17-8-2-1-3-9-17/h1-3,8-9H,4-7,10-16H2. The van der Waals surface area contributed by atoms with Crippen LogP contribution >= 0.6 is 0 Å². The van der Waals surface area contributed by atoms with Crippen LogP contribution in [0, 0.1) is 0 Å². The molecular formula is C20H27FN2O2. The molecule has 136 valence electrons. The normalized spacial score (nSPS) is 23.7. The van der Waals surface area contributed by atoms with Gasteiger partial charge < -0.3 is 9.80 Å². The number of alkyl halides is 1. The van der Waals surface area contributed by atoms with Gasteiger partial charge in [0.05, 0.1) is 6.54 Å². The second-order valence-electron chi connectivity index (χ2n) is 7.22. The number of piperidine rings is 1. The van der Waals surface area contributed by atoms with E-state index < -0.39 is 11.6 Å². The molecule has 1 unspecified atom stereocenters. The first-order valence-electron chi connectivity index (χ1n) is 9.38. The minimum atomic E-state index is -1.89. The maximum atomic E-state index is 15.2. The zero-order valence-electron chi connectivity index (χ0n) is 14.8. The second kappa shape index (κ2) is 7.98. The summed E-state index contributed by atoms with van der Waals surface area (Å²) in [6, 6.07) is 10.0. The molecule has 0 aromatic heterocycles. The molecule has 2 aliphatic rings. The molecule has 2 fully saturated rings. The van der Waals surface area contributed by atoms with Gasteiger partial charge >= 0.3 is 0 Å². The first-order valence-corrected chi connectivity index (χ1v) is 9.38. The van der Waals surface area contributed by atoms with Crippen molar-refractivity contribution in [2.45, 2.75) is 50.6 Å². The highest BCUT2D eigenvalue weighted by Crippen LogP contribution is 2.29. The fourth-order valence-corrected chi connectivity index (χ4v) is 3.85. The minimum absolute atomic E-state index is 0.0353. The summed E-state index contributed by atoms with van der Waals surface area (Å²) in [5.74, 6) is -0.446. The predicted octanol–water partition coefficient (Wildman–Crippen LogP) is 2.96. The number of hydrogen-bond acceptors (Lipinski definition) is 2. The Balaban J connectivity index is 1.51. The third-order valence-electron chi connectivity index (χ3n) is 5.27. The summed E-state index contributed by atoms with van der Waals surface area (Å²) >= 11 is 0. The van der Waals surface area contributed by atoms with Gasteiger partial charge in [0, 0.05) is 26.1 Å². The van der Waals surface area contributed by atoms with E-state index in [1.807, 2.05) is 30.3 Å². The Labute approximate surface area is 149 Å². The fourth-order valence-electron chi connectivity index (χ4n) is 3.85. The van der Waals surface area contributed by atoms with Crippen molar-refractivity contribution in [2.75, 3.05) is 26.2 Å². The van der Waals surface area contributed by atoms with Crippen LogP contribution in [0.2, 0.25) is 0 Å². The monoisotopic (exact) mass is 346 g/mol. The first kappa shape index (κ1) is 17.9. The smallest absolute Gasteiger partial charge is 0.262 e. The number of carbonyl (C=O) groups excluding carboxylic acids is 2. The summed E-state index contributed by atoms with van der Waals surface area (Å²) in [5.41, 5.74) is -0.685. The molecular weight excluding hydrogens is 319 g/mol. The number of rotatable bonds is 5. The van der Waals surface area contributed by atoms with Crippen LogP contribution in [0.3, 0.4) is 0 Å². The first-order chi connectivity index (χ1) is 12.1. The van der Waals surface area contributed by atoms with Crippen molar-refractivity contribution < 1.29 is 14.0 Å². The highest BCUT2D eigenvalue weighted by Gasteiger charge is 2.46. The number of nitrogens with zero attached hydrogens (tertiary/aromatic N) is 2. The van der Waals surface area contributed by atoms with Crippen molar-refractivity contribution >= 4 is 11.8 Å². The number of likely N-dealkylation sites (tertiary alicyclic amines) is 2. The van der Waals surface area contributed by atoms with Crippen molar-refractivity contribution in [3.63, 3.8) is 0 Å². The molecule has 25 heavy (non-hydrogen) atoms. The van der Waals surface area contributed by atoms with Crippen LogP contribution in [0.1, 0.15) is 44.1 Å². The van der Waals surface area contributed by atoms with Gasteiger partial charge in [-0.1, -0.05) is 30.3 Å². The fraction of sp³-hybridized carbons (Fsp3) is 0.600. The Hall–Kier alpha value is -1.91. The molecule has 2 amide bonds. The van der Waals surface area contributed by atoms with E-state index in [1.165, 1.54) is 5.56 Å². The molecule has 2 saturated heterocycles. The maximum Gasteiger partial charge on any atom is 0.262 e. The Kier molecular flexibility index (Phi) is 5.71. The van der Waals surface area contributed by atoms with Crippen LogP contribution in [0.15, 0.2) is 30.3 Å². The number of hydrogen-bond donors (Lipinski definition) is 0. The molecule has 0 bridgehead atoms. The van der Waals surface area contributed by atoms with E-state index in [2.05, 4.69) is 0 Å². The summed E-state index contributed by atoms with van der Waals surface area (Å²) < 4.78 is 15.2. The van der Waals surface area contributed by atoms with Crippen LogP contribution in [0.5, 0.6) is 0 Å². The predicted molar refractivity (Wildman–Crippen MR) is 94.8 cm³/mol. The van der Waals surface area contributed by atoms with Crippen molar-refractivity contribution in [3.8, 4) is 0 Å². The van der Waals surface area contributed by atoms with Crippen molar-refractivity contribution in [2.24, 2.45) is 0 Å². The lowest BCUT2D eigenvalue weighted by atomic mass is 9.92. The third kappa shape index (κ3) is 4.39. The van der Waals surface area contributed by atoms with Crippen LogP contribution in [0.25, 0.3) is 0 Å². The molecule has 3 rings (SSSR count). The van der Waals surface area contributed by atoms with E-state index in [0.29, 0.717) is 32.5 Å². The Morgan fingerprint density at radius 1 is 1.00 bits per heavy atom. The molecule has 2 heterocycles. The van der Waals surface area contributed by atoms with Gasteiger partial charge in [-0.05, 0) is 44.1 Å². The molecule has 1 aromatic rings. The average Bonchev–Trinajstić information content (AvgIpc) is 3.16. The maximum absolute atomic E-state index is 15.2. The van der Waals surface area contributed by atoms with E-state index in [4.69, 9.17) is 0 Å². The zero-order valence-corrected chi connectivity index (χ0v) is 14.8. The molecule has 1 atom stereocenters. The highest BCUT2D eigenvalue weighted by molar-refractivity contribution is 5.87. The van der Waals surface area contributed by atoms with Gasteiger partial charge in [0.25, 0.3) is 5.91 Å². The summed E-state index contributed by atoms with van der Waals surface area (Å²) in [7, 11) is 0. The molecule has 0 saturated carbocycles. The topological polar surface area (TPSA) is 40.6 Å². The molecule has 1 aromatic carbocycles. The van der Waals surface area contributed by atoms with Crippen LogP contribution in [-0.4, -0.2) is 53.5 Å². The number of amides is 2. The molecule has 2 aliphatic heterocycles. The van der Waals surface area contributed by atoms with Crippen molar-refractivity contribution in [1.29, 1.82) is 0 Å². The Morgan fingerprint density at radius 3 is 2.40 bits per heavy atom. The average molecular weight is 346 g/mol. The quantitative estimate of drug-likeness (QED) is 0.822. The zero-order chi connectivity index (χ0) is 17.7. The van der Waals surface area contributed by atoms with Gasteiger partial charge in [0.2, 0.25) is 11.6 Å². The van der Waals surface area contributed by atoms with E-state index in [9.17, 15) is 9.59 Å². The SMILES string of the molecule is O=C(CCCc1ccccc1)N1CCCC(F)(C(=O)N2CCCC2)C1. The van der Waals surface area contributed by atoms with Gasteiger partial charge in [-0.25, -0.2) is 4.39 Å². The van der Waals surface area contributed by atoms with Crippen LogP contribution < -0.4 is 0 Å². The summed E-state index contributed by atoms with van der Waals surface area (Å²) in [6.45, 7) is 1.78. The number of halogens is 1. The largest absolute Gasteiger partial charge is 0.340 e. The van der Waals surface area contributed by atoms with E-state index in [1.54, 1.807) is 9.80 Å². The van der Waals surface area contributed by atoms with Gasteiger partial charge in [-0.15, -0.1) is 0 Å². The lowest BCUT2D eigenvalue weighted by molar-refractivity contribution is -0.150. The van der Waals surface area contributed by atoms with Gasteiger partial charge in [0.1, 0.15) is 0 Å². The highest BCUT2D eigenvalue weighted by atomic mass is 19.1. The van der Waals surface area contributed by atoms with Crippen LogP contribution in [-0.2, 0) is 16.0 Å². The molecule has 0 radical (unpaired) electrons. The van der Waals surface area contributed by atoms with Gasteiger partial charge in [-0.2, -0.15) is 0 Å². The molecule has 5 heteroatoms. The van der Waals surface area contributed by atoms with E-state index in [0.717, 1.165) is 25.7 Å². The Bertz CT molecular complexity index is 601. The number of aryl methyl sites for hydroxylation is 1. The van der Waals surface area contributed by atoms with E-state index in [-0.39, 0.29) is 18.9 Å². The lowest BCUT2D eigenvalue weighted by Gasteiger charge is -2.38.